The maximum absolute atomic E-state index is 12.1. The lowest BCUT2D eigenvalue weighted by molar-refractivity contribution is 0.0290. The molecule has 0 aromatic carbocycles. The molecule has 0 aliphatic carbocycles. The summed E-state index contributed by atoms with van der Waals surface area (Å²) in [5.74, 6) is 0.185. The van der Waals surface area contributed by atoms with Crippen LogP contribution in [0, 0.1) is 0 Å². The molecular weight excluding hydrogens is 252 g/mol. The van der Waals surface area contributed by atoms with Gasteiger partial charge in [-0.3, -0.25) is 0 Å². The first-order valence-corrected chi connectivity index (χ1v) is 8.39. The van der Waals surface area contributed by atoms with E-state index in [1.807, 2.05) is 20.8 Å². The Balaban J connectivity index is 2.36. The molecule has 108 valence electrons. The summed E-state index contributed by atoms with van der Waals surface area (Å²) in [6.07, 6.45) is 1.85. The zero-order chi connectivity index (χ0) is 13.6. The summed E-state index contributed by atoms with van der Waals surface area (Å²) in [7, 11) is -3.10. The maximum atomic E-state index is 12.1. The average Bonchev–Trinajstić information content (AvgIpc) is 2.29. The van der Waals surface area contributed by atoms with Gasteiger partial charge in [0.1, 0.15) is 0 Å². The third-order valence-electron chi connectivity index (χ3n) is 3.11. The van der Waals surface area contributed by atoms with Crippen molar-refractivity contribution in [1.82, 2.24) is 9.62 Å². The van der Waals surface area contributed by atoms with Crippen LogP contribution >= 0.6 is 0 Å². The van der Waals surface area contributed by atoms with E-state index < -0.39 is 10.0 Å². The highest BCUT2D eigenvalue weighted by Crippen LogP contribution is 2.16. The molecule has 0 spiro atoms. The summed E-state index contributed by atoms with van der Waals surface area (Å²) in [5.41, 5.74) is 0. The highest BCUT2D eigenvalue weighted by Gasteiger charge is 2.27. The molecule has 18 heavy (non-hydrogen) atoms. The Morgan fingerprint density at radius 1 is 1.33 bits per heavy atom. The smallest absolute Gasteiger partial charge is 0.215 e. The van der Waals surface area contributed by atoms with Gasteiger partial charge in [0, 0.05) is 32.3 Å². The second-order valence-corrected chi connectivity index (χ2v) is 7.07. The number of rotatable bonds is 7. The summed E-state index contributed by atoms with van der Waals surface area (Å²) >= 11 is 0. The van der Waals surface area contributed by atoms with E-state index in [-0.39, 0.29) is 11.9 Å². The van der Waals surface area contributed by atoms with E-state index in [1.54, 1.807) is 4.31 Å². The van der Waals surface area contributed by atoms with Crippen molar-refractivity contribution in [3.8, 4) is 0 Å². The lowest BCUT2D eigenvalue weighted by atomic mass is 10.1. The van der Waals surface area contributed by atoms with Crippen molar-refractivity contribution in [3.05, 3.63) is 0 Å². The Morgan fingerprint density at radius 3 is 2.44 bits per heavy atom. The van der Waals surface area contributed by atoms with Gasteiger partial charge in [-0.15, -0.1) is 0 Å². The van der Waals surface area contributed by atoms with Crippen LogP contribution in [0.1, 0.15) is 33.6 Å². The molecule has 0 bridgehead atoms. The van der Waals surface area contributed by atoms with Crippen molar-refractivity contribution < 1.29 is 13.2 Å². The number of nitrogens with one attached hydrogen (secondary N) is 1. The van der Waals surface area contributed by atoms with E-state index in [0.717, 1.165) is 12.8 Å². The number of ether oxygens (including phenoxy) is 1. The molecule has 1 aliphatic heterocycles. The molecule has 0 saturated carbocycles. The van der Waals surface area contributed by atoms with Gasteiger partial charge in [0.05, 0.1) is 11.9 Å². The van der Waals surface area contributed by atoms with Crippen molar-refractivity contribution in [2.75, 3.05) is 32.0 Å². The Kier molecular flexibility index (Phi) is 6.55. The SMILES string of the molecule is CCOC1CCN(S(=O)(=O)CCNC(C)C)CC1. The predicted octanol–water partition coefficient (Wildman–Crippen LogP) is 0.815. The van der Waals surface area contributed by atoms with Gasteiger partial charge in [0.15, 0.2) is 0 Å². The molecule has 1 saturated heterocycles. The van der Waals surface area contributed by atoms with E-state index in [0.29, 0.717) is 32.3 Å². The van der Waals surface area contributed by atoms with Gasteiger partial charge in [-0.2, -0.15) is 0 Å². The average molecular weight is 278 g/mol. The Hall–Kier alpha value is -0.170. The minimum Gasteiger partial charge on any atom is -0.378 e. The number of piperidine rings is 1. The fourth-order valence-electron chi connectivity index (χ4n) is 2.12. The third kappa shape index (κ3) is 5.22. The predicted molar refractivity (Wildman–Crippen MR) is 73.1 cm³/mol. The molecule has 0 radical (unpaired) electrons. The molecule has 6 heteroatoms. The Bertz CT molecular complexity index is 322. The van der Waals surface area contributed by atoms with E-state index >= 15 is 0 Å². The van der Waals surface area contributed by atoms with Crippen LogP contribution in [0.15, 0.2) is 0 Å². The minimum absolute atomic E-state index is 0.185. The molecule has 1 rings (SSSR count). The van der Waals surface area contributed by atoms with Gasteiger partial charge >= 0.3 is 0 Å². The van der Waals surface area contributed by atoms with Crippen LogP contribution in [0.25, 0.3) is 0 Å². The molecule has 0 aromatic rings. The molecule has 1 N–H and O–H groups in total. The maximum Gasteiger partial charge on any atom is 0.215 e. The quantitative estimate of drug-likeness (QED) is 0.749. The second kappa shape index (κ2) is 7.43. The highest BCUT2D eigenvalue weighted by molar-refractivity contribution is 7.89. The Morgan fingerprint density at radius 2 is 1.94 bits per heavy atom. The summed E-state index contributed by atoms with van der Waals surface area (Å²) in [6.45, 7) is 8.41. The molecule has 1 fully saturated rings. The zero-order valence-electron chi connectivity index (χ0n) is 11.7. The van der Waals surface area contributed by atoms with Crippen LogP contribution in [-0.2, 0) is 14.8 Å². The van der Waals surface area contributed by atoms with Gasteiger partial charge in [0.2, 0.25) is 10.0 Å². The first kappa shape index (κ1) is 15.9. The summed E-state index contributed by atoms with van der Waals surface area (Å²) in [6, 6.07) is 0.323. The van der Waals surface area contributed by atoms with Crippen molar-refractivity contribution >= 4 is 10.0 Å². The second-order valence-electron chi connectivity index (χ2n) is 4.98. The van der Waals surface area contributed by atoms with Gasteiger partial charge in [-0.1, -0.05) is 13.8 Å². The molecule has 0 atom stereocenters. The largest absolute Gasteiger partial charge is 0.378 e. The molecule has 1 heterocycles. The monoisotopic (exact) mass is 278 g/mol. The van der Waals surface area contributed by atoms with Crippen molar-refractivity contribution in [2.45, 2.75) is 45.8 Å². The molecule has 0 amide bonds. The van der Waals surface area contributed by atoms with Gasteiger partial charge < -0.3 is 10.1 Å². The highest BCUT2D eigenvalue weighted by atomic mass is 32.2. The van der Waals surface area contributed by atoms with E-state index in [4.69, 9.17) is 4.74 Å². The van der Waals surface area contributed by atoms with Crippen molar-refractivity contribution in [3.63, 3.8) is 0 Å². The van der Waals surface area contributed by atoms with Gasteiger partial charge in [0.25, 0.3) is 0 Å². The van der Waals surface area contributed by atoms with Gasteiger partial charge in [-0.25, -0.2) is 12.7 Å². The fraction of sp³-hybridized carbons (Fsp3) is 1.00. The molecule has 0 unspecified atom stereocenters. The molecule has 0 aromatic heterocycles. The first-order valence-electron chi connectivity index (χ1n) is 6.78. The van der Waals surface area contributed by atoms with Crippen LogP contribution in [0.4, 0.5) is 0 Å². The molecule has 5 nitrogen and oxygen atoms in total. The van der Waals surface area contributed by atoms with Crippen LogP contribution in [0.5, 0.6) is 0 Å². The van der Waals surface area contributed by atoms with Crippen LogP contribution < -0.4 is 5.32 Å². The number of hydrogen-bond donors (Lipinski definition) is 1. The molecular formula is C12H26N2O3S. The van der Waals surface area contributed by atoms with Crippen molar-refractivity contribution in [1.29, 1.82) is 0 Å². The number of hydrogen-bond acceptors (Lipinski definition) is 4. The van der Waals surface area contributed by atoms with Crippen LogP contribution in [0.3, 0.4) is 0 Å². The summed E-state index contributed by atoms with van der Waals surface area (Å²) < 4.78 is 31.3. The van der Waals surface area contributed by atoms with Crippen molar-refractivity contribution in [2.24, 2.45) is 0 Å². The normalized spacial score (nSPS) is 19.6. The lowest BCUT2D eigenvalue weighted by Crippen LogP contribution is -2.43. The number of sulfonamides is 1. The zero-order valence-corrected chi connectivity index (χ0v) is 12.5. The van der Waals surface area contributed by atoms with Crippen LogP contribution in [0.2, 0.25) is 0 Å². The van der Waals surface area contributed by atoms with Gasteiger partial charge in [-0.05, 0) is 19.8 Å². The van der Waals surface area contributed by atoms with E-state index in [2.05, 4.69) is 5.32 Å². The fourth-order valence-corrected chi connectivity index (χ4v) is 3.52. The standard InChI is InChI=1S/C12H26N2O3S/c1-4-17-12-5-8-14(9-6-12)18(15,16)10-7-13-11(2)3/h11-13H,4-10H2,1-3H3. The summed E-state index contributed by atoms with van der Waals surface area (Å²) in [4.78, 5) is 0. The lowest BCUT2D eigenvalue weighted by Gasteiger charge is -2.31. The third-order valence-corrected chi connectivity index (χ3v) is 4.98. The summed E-state index contributed by atoms with van der Waals surface area (Å²) in [5, 5.41) is 3.14. The topological polar surface area (TPSA) is 58.6 Å². The first-order chi connectivity index (χ1) is 8.45. The van der Waals surface area contributed by atoms with E-state index in [1.165, 1.54) is 0 Å². The molecule has 1 aliphatic rings. The van der Waals surface area contributed by atoms with E-state index in [9.17, 15) is 8.42 Å². The minimum atomic E-state index is -3.10. The van der Waals surface area contributed by atoms with Crippen LogP contribution in [-0.4, -0.2) is 56.9 Å². The Labute approximate surface area is 111 Å². The number of nitrogens with zero attached hydrogens (tertiary/aromatic N) is 1.